The summed E-state index contributed by atoms with van der Waals surface area (Å²) in [6.45, 7) is 0. The molecule has 0 atom stereocenters. The number of benzene rings is 2. The fourth-order valence-corrected chi connectivity index (χ4v) is 2.03. The van der Waals surface area contributed by atoms with Crippen molar-refractivity contribution in [3.05, 3.63) is 60.3 Å². The molecule has 3 aromatic rings. The molecule has 1 aromatic heterocycles. The third kappa shape index (κ3) is 2.67. The molecule has 0 aliphatic rings. The molecule has 0 spiro atoms. The second kappa shape index (κ2) is 5.58. The number of para-hydroxylation sites is 2. The Morgan fingerprint density at radius 3 is 2.71 bits per heavy atom. The van der Waals surface area contributed by atoms with E-state index in [-0.39, 0.29) is 0 Å². The van der Waals surface area contributed by atoms with Crippen molar-refractivity contribution < 1.29 is 9.53 Å². The van der Waals surface area contributed by atoms with Gasteiger partial charge in [-0.3, -0.25) is 0 Å². The maximum atomic E-state index is 11.7. The number of rotatable bonds is 3. The van der Waals surface area contributed by atoms with Crippen LogP contribution in [0.15, 0.2) is 54.7 Å². The first-order valence-corrected chi connectivity index (χ1v) is 6.44. The minimum absolute atomic E-state index is 0.404. The highest BCUT2D eigenvalue weighted by molar-refractivity contribution is 5.96. The maximum Gasteiger partial charge on any atom is 0.339 e. The van der Waals surface area contributed by atoms with Gasteiger partial charge in [0.25, 0.3) is 0 Å². The lowest BCUT2D eigenvalue weighted by atomic mass is 10.2. The van der Waals surface area contributed by atoms with Crippen LogP contribution in [0.4, 0.5) is 11.6 Å². The molecule has 21 heavy (non-hydrogen) atoms. The number of carbonyl (C=O) groups is 1. The second-order valence-corrected chi connectivity index (χ2v) is 4.41. The average Bonchev–Trinajstić information content (AvgIpc) is 2.54. The highest BCUT2D eigenvalue weighted by Crippen LogP contribution is 2.20. The van der Waals surface area contributed by atoms with Gasteiger partial charge >= 0.3 is 5.97 Å². The normalized spacial score (nSPS) is 10.3. The van der Waals surface area contributed by atoms with Crippen LogP contribution in [-0.4, -0.2) is 23.0 Å². The number of hydrogen-bond acceptors (Lipinski definition) is 5. The quantitative estimate of drug-likeness (QED) is 0.746. The number of carbonyl (C=O) groups excluding carboxylic acids is 1. The molecule has 0 aliphatic heterocycles. The number of nitrogens with one attached hydrogen (secondary N) is 1. The summed E-state index contributed by atoms with van der Waals surface area (Å²) >= 11 is 0. The summed E-state index contributed by atoms with van der Waals surface area (Å²) < 4.78 is 4.77. The monoisotopic (exact) mass is 279 g/mol. The molecule has 0 radical (unpaired) electrons. The van der Waals surface area contributed by atoms with E-state index in [0.29, 0.717) is 17.2 Å². The van der Waals surface area contributed by atoms with E-state index in [2.05, 4.69) is 15.3 Å². The molecule has 0 unspecified atom stereocenters. The van der Waals surface area contributed by atoms with Gasteiger partial charge in [0, 0.05) is 11.6 Å². The van der Waals surface area contributed by atoms with E-state index in [1.54, 1.807) is 24.4 Å². The van der Waals surface area contributed by atoms with Gasteiger partial charge < -0.3 is 10.1 Å². The molecule has 0 aliphatic carbocycles. The van der Waals surface area contributed by atoms with Crippen molar-refractivity contribution in [3.63, 3.8) is 0 Å². The first kappa shape index (κ1) is 13.1. The van der Waals surface area contributed by atoms with Crippen molar-refractivity contribution in [2.75, 3.05) is 12.4 Å². The molecule has 1 heterocycles. The Labute approximate surface area is 121 Å². The SMILES string of the molecule is COC(=O)c1ccccc1Nc1ncc2ccccc2n1. The van der Waals surface area contributed by atoms with Gasteiger partial charge in [-0.05, 0) is 18.2 Å². The molecule has 1 N–H and O–H groups in total. The van der Waals surface area contributed by atoms with Gasteiger partial charge in [0.1, 0.15) is 0 Å². The summed E-state index contributed by atoms with van der Waals surface area (Å²) in [4.78, 5) is 20.4. The molecule has 0 fully saturated rings. The summed E-state index contributed by atoms with van der Waals surface area (Å²) in [6.07, 6.45) is 1.74. The van der Waals surface area contributed by atoms with E-state index in [9.17, 15) is 4.79 Å². The lowest BCUT2D eigenvalue weighted by Gasteiger charge is -2.09. The summed E-state index contributed by atoms with van der Waals surface area (Å²) in [6, 6.07) is 14.8. The molecular weight excluding hydrogens is 266 g/mol. The van der Waals surface area contributed by atoms with Crippen LogP contribution in [-0.2, 0) is 4.74 Å². The second-order valence-electron chi connectivity index (χ2n) is 4.41. The highest BCUT2D eigenvalue weighted by Gasteiger charge is 2.11. The van der Waals surface area contributed by atoms with Crippen LogP contribution in [0.3, 0.4) is 0 Å². The number of anilines is 2. The van der Waals surface area contributed by atoms with Crippen molar-refractivity contribution in [2.45, 2.75) is 0 Å². The Balaban J connectivity index is 1.97. The number of ether oxygens (including phenoxy) is 1. The van der Waals surface area contributed by atoms with Gasteiger partial charge in [0.05, 0.1) is 23.9 Å². The number of aromatic nitrogens is 2. The van der Waals surface area contributed by atoms with Gasteiger partial charge in [-0.2, -0.15) is 0 Å². The van der Waals surface area contributed by atoms with Gasteiger partial charge in [-0.15, -0.1) is 0 Å². The lowest BCUT2D eigenvalue weighted by molar-refractivity contribution is 0.0602. The number of hydrogen-bond donors (Lipinski definition) is 1. The molecule has 3 rings (SSSR count). The van der Waals surface area contributed by atoms with Gasteiger partial charge in [-0.1, -0.05) is 30.3 Å². The smallest absolute Gasteiger partial charge is 0.339 e. The van der Waals surface area contributed by atoms with E-state index in [1.165, 1.54) is 7.11 Å². The minimum atomic E-state index is -0.404. The van der Waals surface area contributed by atoms with E-state index in [4.69, 9.17) is 4.74 Å². The zero-order valence-corrected chi connectivity index (χ0v) is 11.4. The van der Waals surface area contributed by atoms with Crippen LogP contribution in [0, 0.1) is 0 Å². The fourth-order valence-electron chi connectivity index (χ4n) is 2.03. The van der Waals surface area contributed by atoms with E-state index < -0.39 is 5.97 Å². The summed E-state index contributed by atoms with van der Waals surface area (Å²) in [7, 11) is 1.35. The molecule has 104 valence electrons. The number of nitrogens with zero attached hydrogens (tertiary/aromatic N) is 2. The summed E-state index contributed by atoms with van der Waals surface area (Å²) in [5, 5.41) is 4.02. The minimum Gasteiger partial charge on any atom is -0.465 e. The third-order valence-corrected chi connectivity index (χ3v) is 3.07. The van der Waals surface area contributed by atoms with Crippen molar-refractivity contribution in [3.8, 4) is 0 Å². The Hall–Kier alpha value is -2.95. The maximum absolute atomic E-state index is 11.7. The summed E-state index contributed by atoms with van der Waals surface area (Å²) in [5.74, 6) is 0.0314. The Bertz CT molecular complexity index is 802. The Kier molecular flexibility index (Phi) is 3.47. The molecule has 5 nitrogen and oxygen atoms in total. The van der Waals surface area contributed by atoms with Crippen LogP contribution < -0.4 is 5.32 Å². The van der Waals surface area contributed by atoms with Gasteiger partial charge in [-0.25, -0.2) is 14.8 Å². The largest absolute Gasteiger partial charge is 0.465 e. The number of fused-ring (bicyclic) bond motifs is 1. The van der Waals surface area contributed by atoms with Crippen molar-refractivity contribution in [1.29, 1.82) is 0 Å². The van der Waals surface area contributed by atoms with Crippen LogP contribution in [0.1, 0.15) is 10.4 Å². The van der Waals surface area contributed by atoms with Crippen LogP contribution in [0.25, 0.3) is 10.9 Å². The summed E-state index contributed by atoms with van der Waals surface area (Å²) in [5.41, 5.74) is 1.89. The van der Waals surface area contributed by atoms with E-state index >= 15 is 0 Å². The zero-order chi connectivity index (χ0) is 14.7. The lowest BCUT2D eigenvalue weighted by Crippen LogP contribution is -2.06. The van der Waals surface area contributed by atoms with E-state index in [0.717, 1.165) is 10.9 Å². The fraction of sp³-hybridized carbons (Fsp3) is 0.0625. The van der Waals surface area contributed by atoms with Crippen molar-refractivity contribution in [2.24, 2.45) is 0 Å². The molecule has 0 amide bonds. The average molecular weight is 279 g/mol. The molecule has 0 saturated carbocycles. The van der Waals surface area contributed by atoms with Crippen LogP contribution >= 0.6 is 0 Å². The Morgan fingerprint density at radius 1 is 1.10 bits per heavy atom. The van der Waals surface area contributed by atoms with Crippen LogP contribution in [0.5, 0.6) is 0 Å². The van der Waals surface area contributed by atoms with Crippen molar-refractivity contribution >= 4 is 28.5 Å². The third-order valence-electron chi connectivity index (χ3n) is 3.07. The van der Waals surface area contributed by atoms with Crippen LogP contribution in [0.2, 0.25) is 0 Å². The molecule has 5 heteroatoms. The van der Waals surface area contributed by atoms with E-state index in [1.807, 2.05) is 30.3 Å². The first-order valence-electron chi connectivity index (χ1n) is 6.44. The number of esters is 1. The Morgan fingerprint density at radius 2 is 1.86 bits per heavy atom. The first-order chi connectivity index (χ1) is 10.3. The predicted octanol–water partition coefficient (Wildman–Crippen LogP) is 3.16. The van der Waals surface area contributed by atoms with Gasteiger partial charge in [0.2, 0.25) is 5.95 Å². The predicted molar refractivity (Wildman–Crippen MR) is 80.6 cm³/mol. The highest BCUT2D eigenvalue weighted by atomic mass is 16.5. The zero-order valence-electron chi connectivity index (χ0n) is 11.4. The van der Waals surface area contributed by atoms with Gasteiger partial charge in [0.15, 0.2) is 0 Å². The van der Waals surface area contributed by atoms with Crippen molar-refractivity contribution in [1.82, 2.24) is 9.97 Å². The topological polar surface area (TPSA) is 64.1 Å². The molecule has 0 saturated heterocycles. The molecular formula is C16H13N3O2. The molecule has 0 bridgehead atoms. The molecule has 2 aromatic carbocycles. The number of methoxy groups -OCH3 is 1. The standard InChI is InChI=1S/C16H13N3O2/c1-21-15(20)12-7-3-5-9-14(12)19-16-17-10-11-6-2-4-8-13(11)18-16/h2-10H,1H3,(H,17,18,19).